The predicted molar refractivity (Wildman–Crippen MR) is 69.9 cm³/mol. The topological polar surface area (TPSA) is 76.1 Å². The van der Waals surface area contributed by atoms with E-state index in [-0.39, 0.29) is 30.0 Å². The van der Waals surface area contributed by atoms with Gasteiger partial charge in [-0.2, -0.15) is 0 Å². The maximum absolute atomic E-state index is 12.3. The maximum atomic E-state index is 12.3. The van der Waals surface area contributed by atoms with Gasteiger partial charge in [-0.25, -0.2) is 4.79 Å². The molecule has 0 aromatic heterocycles. The van der Waals surface area contributed by atoms with E-state index in [0.29, 0.717) is 18.4 Å². The second kappa shape index (κ2) is 4.58. The van der Waals surface area contributed by atoms with Gasteiger partial charge >= 0.3 is 11.9 Å². The Morgan fingerprint density at radius 3 is 2.75 bits per heavy atom. The second-order valence-electron chi connectivity index (χ2n) is 6.46. The first kappa shape index (κ1) is 13.6. The highest BCUT2D eigenvalue weighted by Crippen LogP contribution is 2.54. The lowest BCUT2D eigenvalue weighted by Crippen LogP contribution is -2.45. The van der Waals surface area contributed by atoms with Gasteiger partial charge < -0.3 is 14.6 Å². The first-order valence-electron chi connectivity index (χ1n) is 7.19. The molecule has 2 aliphatic heterocycles. The van der Waals surface area contributed by atoms with E-state index in [9.17, 15) is 14.7 Å². The number of carboxylic acids is 1. The Hall–Kier alpha value is -1.36. The summed E-state index contributed by atoms with van der Waals surface area (Å²) in [7, 11) is 0. The molecule has 1 N–H and O–H groups in total. The van der Waals surface area contributed by atoms with Crippen LogP contribution >= 0.6 is 0 Å². The summed E-state index contributed by atoms with van der Waals surface area (Å²) < 4.78 is 10.8. The first-order valence-corrected chi connectivity index (χ1v) is 7.19. The average molecular weight is 280 g/mol. The molecule has 1 spiro atoms. The van der Waals surface area contributed by atoms with Crippen molar-refractivity contribution in [3.63, 3.8) is 0 Å². The van der Waals surface area contributed by atoms with Gasteiger partial charge in [0, 0.05) is 0 Å². The van der Waals surface area contributed by atoms with Crippen molar-refractivity contribution in [1.29, 1.82) is 0 Å². The smallest absolute Gasteiger partial charge is 0.334 e. The summed E-state index contributed by atoms with van der Waals surface area (Å²) in [5, 5.41) is 9.22. The molecule has 0 aromatic carbocycles. The Morgan fingerprint density at radius 1 is 1.50 bits per heavy atom. The maximum Gasteiger partial charge on any atom is 0.334 e. The van der Waals surface area contributed by atoms with Crippen LogP contribution in [0.25, 0.3) is 0 Å². The lowest BCUT2D eigenvalue weighted by Gasteiger charge is -2.40. The number of ether oxygens (including phenoxy) is 2. The van der Waals surface area contributed by atoms with Crippen LogP contribution in [0.2, 0.25) is 0 Å². The molecule has 5 heteroatoms. The van der Waals surface area contributed by atoms with Crippen molar-refractivity contribution in [2.45, 2.75) is 32.3 Å². The van der Waals surface area contributed by atoms with Gasteiger partial charge in [0.2, 0.25) is 0 Å². The van der Waals surface area contributed by atoms with Gasteiger partial charge in [-0.15, -0.1) is 0 Å². The number of cyclic esters (lactones) is 1. The molecule has 110 valence electrons. The lowest BCUT2D eigenvalue weighted by molar-refractivity contribution is -0.154. The fraction of sp³-hybridized carbons (Fsp3) is 0.733. The van der Waals surface area contributed by atoms with E-state index in [1.54, 1.807) is 6.08 Å². The van der Waals surface area contributed by atoms with Crippen molar-refractivity contribution in [3.8, 4) is 0 Å². The number of fused-ring (bicyclic) bond motifs is 2. The van der Waals surface area contributed by atoms with Crippen LogP contribution in [0.4, 0.5) is 0 Å². The van der Waals surface area contributed by atoms with Crippen LogP contribution in [-0.2, 0) is 19.1 Å². The van der Waals surface area contributed by atoms with Crippen molar-refractivity contribution < 1.29 is 24.2 Å². The molecular formula is C15H20O5. The fourth-order valence-electron chi connectivity index (χ4n) is 3.80. The van der Waals surface area contributed by atoms with E-state index in [1.807, 2.05) is 0 Å². The molecule has 0 amide bonds. The number of carboxylic acid groups (broad SMARTS) is 1. The summed E-state index contributed by atoms with van der Waals surface area (Å²) in [5.74, 6) is -1.04. The normalized spacial score (nSPS) is 39.9. The number of aliphatic carboxylic acids is 1. The molecule has 1 aliphatic carbocycles. The summed E-state index contributed by atoms with van der Waals surface area (Å²) in [5.41, 5.74) is -0.202. The van der Waals surface area contributed by atoms with Crippen LogP contribution in [0, 0.1) is 23.7 Å². The van der Waals surface area contributed by atoms with Crippen LogP contribution in [0.5, 0.6) is 0 Å². The van der Waals surface area contributed by atoms with E-state index in [4.69, 9.17) is 9.47 Å². The molecule has 0 aromatic rings. The Balaban J connectivity index is 2.01. The zero-order chi connectivity index (χ0) is 14.5. The third kappa shape index (κ3) is 2.04. The zero-order valence-corrected chi connectivity index (χ0v) is 11.8. The standard InChI is InChI=1S/C15H20O5/c1-8(2)10-3-4-15(7-20-15)12-11(10)5-9(13(16)17)6-19-14(12)18/h5,8,10-12H,3-4,6-7H2,1-2H3,(H,16,17)/t10?,11?,12?,15-/m1/s1. The quantitative estimate of drug-likeness (QED) is 0.614. The van der Waals surface area contributed by atoms with Crippen LogP contribution in [-0.4, -0.2) is 35.9 Å². The molecule has 0 bridgehead atoms. The molecule has 3 unspecified atom stereocenters. The Labute approximate surface area is 117 Å². The molecule has 2 heterocycles. The molecule has 0 radical (unpaired) electrons. The molecule has 1 saturated carbocycles. The van der Waals surface area contributed by atoms with Crippen LogP contribution in [0.15, 0.2) is 11.6 Å². The zero-order valence-electron chi connectivity index (χ0n) is 11.8. The Bertz CT molecular complexity index is 475. The summed E-state index contributed by atoms with van der Waals surface area (Å²) in [6, 6.07) is 0. The molecule has 1 saturated heterocycles. The van der Waals surface area contributed by atoms with Crippen LogP contribution in [0.3, 0.4) is 0 Å². The van der Waals surface area contributed by atoms with Gasteiger partial charge in [0.25, 0.3) is 0 Å². The summed E-state index contributed by atoms with van der Waals surface area (Å²) >= 11 is 0. The van der Waals surface area contributed by atoms with E-state index in [1.165, 1.54) is 0 Å². The number of hydrogen-bond donors (Lipinski definition) is 1. The molecule has 5 nitrogen and oxygen atoms in total. The van der Waals surface area contributed by atoms with Gasteiger partial charge in [-0.05, 0) is 30.6 Å². The number of carbonyl (C=O) groups is 2. The SMILES string of the molecule is CC(C)C1CC[C@@]2(CO2)C2C(=O)OCC(C(=O)O)=CC12. The number of esters is 1. The summed E-state index contributed by atoms with van der Waals surface area (Å²) in [4.78, 5) is 23.6. The minimum Gasteiger partial charge on any atom is -0.478 e. The van der Waals surface area contributed by atoms with E-state index < -0.39 is 11.6 Å². The van der Waals surface area contributed by atoms with E-state index in [2.05, 4.69) is 13.8 Å². The van der Waals surface area contributed by atoms with Gasteiger partial charge in [-0.3, -0.25) is 4.79 Å². The number of carbonyl (C=O) groups excluding carboxylic acids is 1. The predicted octanol–water partition coefficient (Wildman–Crippen LogP) is 1.62. The molecule has 3 aliphatic rings. The van der Waals surface area contributed by atoms with Gasteiger partial charge in [0.05, 0.1) is 18.1 Å². The highest BCUT2D eigenvalue weighted by atomic mass is 16.6. The number of epoxide rings is 1. The molecular weight excluding hydrogens is 260 g/mol. The number of hydrogen-bond acceptors (Lipinski definition) is 4. The average Bonchev–Trinajstić information content (AvgIpc) is 3.14. The van der Waals surface area contributed by atoms with Gasteiger partial charge in [0.15, 0.2) is 0 Å². The summed E-state index contributed by atoms with van der Waals surface area (Å²) in [6.07, 6.45) is 3.59. The monoisotopic (exact) mass is 280 g/mol. The Kier molecular flexibility index (Phi) is 3.12. The Morgan fingerprint density at radius 2 is 2.20 bits per heavy atom. The van der Waals surface area contributed by atoms with Crippen molar-refractivity contribution >= 4 is 11.9 Å². The first-order chi connectivity index (χ1) is 9.44. The van der Waals surface area contributed by atoms with Crippen molar-refractivity contribution in [1.82, 2.24) is 0 Å². The van der Waals surface area contributed by atoms with Gasteiger partial charge in [0.1, 0.15) is 12.2 Å². The highest BCUT2D eigenvalue weighted by molar-refractivity contribution is 5.88. The number of allylic oxidation sites excluding steroid dienone is 1. The van der Waals surface area contributed by atoms with Crippen molar-refractivity contribution in [3.05, 3.63) is 11.6 Å². The molecule has 3 rings (SSSR count). The van der Waals surface area contributed by atoms with E-state index >= 15 is 0 Å². The van der Waals surface area contributed by atoms with Crippen LogP contribution < -0.4 is 0 Å². The molecule has 4 atom stereocenters. The minimum absolute atomic E-state index is 0.0904. The second-order valence-corrected chi connectivity index (χ2v) is 6.46. The van der Waals surface area contributed by atoms with Gasteiger partial charge in [-0.1, -0.05) is 19.9 Å². The third-order valence-electron chi connectivity index (χ3n) is 5.01. The minimum atomic E-state index is -1.00. The molecule has 2 fully saturated rings. The van der Waals surface area contributed by atoms with Crippen LogP contribution in [0.1, 0.15) is 26.7 Å². The van der Waals surface area contributed by atoms with E-state index in [0.717, 1.165) is 12.8 Å². The fourth-order valence-corrected chi connectivity index (χ4v) is 3.80. The van der Waals surface area contributed by atoms with Crippen molar-refractivity contribution in [2.75, 3.05) is 13.2 Å². The third-order valence-corrected chi connectivity index (χ3v) is 5.01. The highest BCUT2D eigenvalue weighted by Gasteiger charge is 2.62. The largest absolute Gasteiger partial charge is 0.478 e. The number of rotatable bonds is 2. The lowest BCUT2D eigenvalue weighted by atomic mass is 9.63. The summed E-state index contributed by atoms with van der Waals surface area (Å²) in [6.45, 7) is 4.70. The molecule has 20 heavy (non-hydrogen) atoms. The van der Waals surface area contributed by atoms with Crippen molar-refractivity contribution in [2.24, 2.45) is 23.7 Å².